The van der Waals surface area contributed by atoms with Crippen LogP contribution in [0.5, 0.6) is 0 Å². The smallest absolute Gasteiger partial charge is 0.0185 e. The van der Waals surface area contributed by atoms with E-state index < -0.39 is 0 Å². The average Bonchev–Trinajstić information content (AvgIpc) is 2.60. The molecule has 2 saturated carbocycles. The summed E-state index contributed by atoms with van der Waals surface area (Å²) in [4.78, 5) is 0. The Bertz CT molecular complexity index is 188. The first kappa shape index (κ1) is 9.51. The van der Waals surface area contributed by atoms with Crippen molar-refractivity contribution in [1.29, 1.82) is 0 Å². The lowest BCUT2D eigenvalue weighted by Crippen LogP contribution is -2.45. The maximum absolute atomic E-state index is 6.49. The van der Waals surface area contributed by atoms with E-state index >= 15 is 0 Å². The van der Waals surface area contributed by atoms with E-state index in [0.29, 0.717) is 0 Å². The highest BCUT2D eigenvalue weighted by Gasteiger charge is 2.47. The van der Waals surface area contributed by atoms with E-state index in [-0.39, 0.29) is 5.54 Å². The average molecular weight is 181 g/mol. The third-order valence-electron chi connectivity index (χ3n) is 4.21. The van der Waals surface area contributed by atoms with Crippen LogP contribution < -0.4 is 5.73 Å². The first-order chi connectivity index (χ1) is 6.10. The van der Waals surface area contributed by atoms with Crippen molar-refractivity contribution in [2.24, 2.45) is 23.5 Å². The zero-order valence-electron chi connectivity index (χ0n) is 9.05. The van der Waals surface area contributed by atoms with Gasteiger partial charge in [0.2, 0.25) is 0 Å². The number of hydrogen-bond donors (Lipinski definition) is 1. The second-order valence-electron chi connectivity index (χ2n) is 5.75. The van der Waals surface area contributed by atoms with Crippen LogP contribution in [0.4, 0.5) is 0 Å². The summed E-state index contributed by atoms with van der Waals surface area (Å²) in [6, 6.07) is 0. The summed E-state index contributed by atoms with van der Waals surface area (Å²) in [7, 11) is 0. The number of nitrogens with two attached hydrogens (primary N) is 1. The first-order valence-electron chi connectivity index (χ1n) is 5.89. The minimum Gasteiger partial charge on any atom is -0.325 e. The van der Waals surface area contributed by atoms with Gasteiger partial charge in [0.05, 0.1) is 0 Å². The van der Waals surface area contributed by atoms with Gasteiger partial charge in [-0.15, -0.1) is 0 Å². The minimum atomic E-state index is 0.243. The normalized spacial score (nSPS) is 43.4. The molecule has 1 heteroatoms. The monoisotopic (exact) mass is 181 g/mol. The van der Waals surface area contributed by atoms with Crippen molar-refractivity contribution in [3.05, 3.63) is 0 Å². The molecule has 2 bridgehead atoms. The molecule has 3 unspecified atom stereocenters. The SMILES string of the molecule is CC(C)CCC1(N)CC2CCC1C2. The highest BCUT2D eigenvalue weighted by Crippen LogP contribution is 2.51. The standard InChI is InChI=1S/C12H23N/c1-9(2)5-6-12(13)8-10-3-4-11(12)7-10/h9-11H,3-8,13H2,1-2H3. The first-order valence-corrected chi connectivity index (χ1v) is 5.89. The Kier molecular flexibility index (Phi) is 2.39. The van der Waals surface area contributed by atoms with Crippen LogP contribution >= 0.6 is 0 Å². The minimum absolute atomic E-state index is 0.243. The van der Waals surface area contributed by atoms with Gasteiger partial charge < -0.3 is 5.73 Å². The fourth-order valence-corrected chi connectivity index (χ4v) is 3.35. The Hall–Kier alpha value is -0.0400. The van der Waals surface area contributed by atoms with Crippen LogP contribution in [-0.4, -0.2) is 5.54 Å². The third kappa shape index (κ3) is 1.76. The molecule has 2 aliphatic carbocycles. The molecule has 2 fully saturated rings. The Morgan fingerprint density at radius 1 is 1.38 bits per heavy atom. The fourth-order valence-electron chi connectivity index (χ4n) is 3.35. The van der Waals surface area contributed by atoms with Crippen LogP contribution in [0.15, 0.2) is 0 Å². The van der Waals surface area contributed by atoms with Crippen LogP contribution in [0, 0.1) is 17.8 Å². The third-order valence-corrected chi connectivity index (χ3v) is 4.21. The molecular formula is C12H23N. The molecule has 76 valence electrons. The lowest BCUT2D eigenvalue weighted by atomic mass is 9.77. The number of rotatable bonds is 3. The quantitative estimate of drug-likeness (QED) is 0.711. The molecule has 0 saturated heterocycles. The Balaban J connectivity index is 1.90. The van der Waals surface area contributed by atoms with E-state index in [4.69, 9.17) is 5.73 Å². The molecule has 0 heterocycles. The Labute approximate surface area is 82.1 Å². The second-order valence-corrected chi connectivity index (χ2v) is 5.75. The number of fused-ring (bicyclic) bond motifs is 2. The van der Waals surface area contributed by atoms with E-state index in [1.807, 2.05) is 0 Å². The zero-order chi connectivity index (χ0) is 9.47. The van der Waals surface area contributed by atoms with Crippen LogP contribution in [0.25, 0.3) is 0 Å². The molecule has 2 N–H and O–H groups in total. The van der Waals surface area contributed by atoms with Gasteiger partial charge in [0.25, 0.3) is 0 Å². The summed E-state index contributed by atoms with van der Waals surface area (Å²) in [5, 5.41) is 0. The molecule has 0 spiro atoms. The Morgan fingerprint density at radius 3 is 2.62 bits per heavy atom. The van der Waals surface area contributed by atoms with E-state index in [1.54, 1.807) is 0 Å². The van der Waals surface area contributed by atoms with Crippen molar-refractivity contribution in [2.45, 2.75) is 57.9 Å². The van der Waals surface area contributed by atoms with E-state index in [0.717, 1.165) is 17.8 Å². The predicted octanol–water partition coefficient (Wildman–Crippen LogP) is 2.94. The molecule has 0 aliphatic heterocycles. The molecule has 0 aromatic carbocycles. The van der Waals surface area contributed by atoms with Gasteiger partial charge in [-0.1, -0.05) is 20.3 Å². The maximum atomic E-state index is 6.49. The largest absolute Gasteiger partial charge is 0.325 e. The van der Waals surface area contributed by atoms with Gasteiger partial charge in [-0.2, -0.15) is 0 Å². The van der Waals surface area contributed by atoms with Gasteiger partial charge in [-0.3, -0.25) is 0 Å². The topological polar surface area (TPSA) is 26.0 Å². The molecule has 3 atom stereocenters. The summed E-state index contributed by atoms with van der Waals surface area (Å²) < 4.78 is 0. The van der Waals surface area contributed by atoms with E-state index in [1.165, 1.54) is 38.5 Å². The van der Waals surface area contributed by atoms with E-state index in [2.05, 4.69) is 13.8 Å². The molecule has 0 aromatic heterocycles. The van der Waals surface area contributed by atoms with Crippen molar-refractivity contribution < 1.29 is 0 Å². The molecule has 0 aromatic rings. The fraction of sp³-hybridized carbons (Fsp3) is 1.00. The van der Waals surface area contributed by atoms with Crippen LogP contribution in [0.1, 0.15) is 52.4 Å². The van der Waals surface area contributed by atoms with Crippen molar-refractivity contribution in [2.75, 3.05) is 0 Å². The van der Waals surface area contributed by atoms with Crippen LogP contribution in [0.3, 0.4) is 0 Å². The predicted molar refractivity (Wildman–Crippen MR) is 56.4 cm³/mol. The summed E-state index contributed by atoms with van der Waals surface area (Å²) >= 11 is 0. The highest BCUT2D eigenvalue weighted by molar-refractivity contribution is 5.04. The van der Waals surface area contributed by atoms with Gasteiger partial charge in [0.1, 0.15) is 0 Å². The van der Waals surface area contributed by atoms with Gasteiger partial charge in [0, 0.05) is 5.54 Å². The summed E-state index contributed by atoms with van der Waals surface area (Å²) in [6.07, 6.45) is 8.23. The second kappa shape index (κ2) is 3.27. The highest BCUT2D eigenvalue weighted by atomic mass is 14.8. The molecule has 0 amide bonds. The van der Waals surface area contributed by atoms with Gasteiger partial charge in [0.15, 0.2) is 0 Å². The van der Waals surface area contributed by atoms with Gasteiger partial charge in [-0.05, 0) is 49.9 Å². The Morgan fingerprint density at radius 2 is 2.15 bits per heavy atom. The van der Waals surface area contributed by atoms with Crippen molar-refractivity contribution >= 4 is 0 Å². The maximum Gasteiger partial charge on any atom is 0.0185 e. The van der Waals surface area contributed by atoms with Crippen LogP contribution in [0.2, 0.25) is 0 Å². The van der Waals surface area contributed by atoms with Gasteiger partial charge in [-0.25, -0.2) is 0 Å². The van der Waals surface area contributed by atoms with Crippen LogP contribution in [-0.2, 0) is 0 Å². The number of hydrogen-bond acceptors (Lipinski definition) is 1. The molecule has 1 nitrogen and oxygen atoms in total. The summed E-state index contributed by atoms with van der Waals surface area (Å²) in [5.41, 5.74) is 6.74. The molecule has 2 rings (SSSR count). The lowest BCUT2D eigenvalue weighted by Gasteiger charge is -2.34. The van der Waals surface area contributed by atoms with Crippen molar-refractivity contribution in [1.82, 2.24) is 0 Å². The van der Waals surface area contributed by atoms with Gasteiger partial charge >= 0.3 is 0 Å². The molecule has 13 heavy (non-hydrogen) atoms. The summed E-state index contributed by atoms with van der Waals surface area (Å²) in [6.45, 7) is 4.60. The lowest BCUT2D eigenvalue weighted by molar-refractivity contribution is 0.239. The molecule has 0 radical (unpaired) electrons. The molecular weight excluding hydrogens is 158 g/mol. The molecule has 2 aliphatic rings. The summed E-state index contributed by atoms with van der Waals surface area (Å²) in [5.74, 6) is 2.68. The van der Waals surface area contributed by atoms with Crippen molar-refractivity contribution in [3.63, 3.8) is 0 Å². The van der Waals surface area contributed by atoms with E-state index in [9.17, 15) is 0 Å². The van der Waals surface area contributed by atoms with Crippen molar-refractivity contribution in [3.8, 4) is 0 Å². The zero-order valence-corrected chi connectivity index (χ0v) is 9.05.